The third kappa shape index (κ3) is 4.93. The Bertz CT molecular complexity index is 944. The van der Waals surface area contributed by atoms with Crippen molar-refractivity contribution in [3.05, 3.63) is 28.8 Å². The Hall–Kier alpha value is -1.69. The summed E-state index contributed by atoms with van der Waals surface area (Å²) in [5.74, 6) is -1.62. The quantitative estimate of drug-likeness (QED) is 0.644. The van der Waals surface area contributed by atoms with Crippen LogP contribution in [0.5, 0.6) is 0 Å². The summed E-state index contributed by atoms with van der Waals surface area (Å²) in [4.78, 5) is 24.9. The fourth-order valence-corrected chi connectivity index (χ4v) is 5.29. The highest BCUT2D eigenvalue weighted by Crippen LogP contribution is 2.22. The zero-order valence-corrected chi connectivity index (χ0v) is 16.1. The third-order valence-electron chi connectivity index (χ3n) is 3.95. The van der Waals surface area contributed by atoms with Gasteiger partial charge in [0.15, 0.2) is 16.4 Å². The summed E-state index contributed by atoms with van der Waals surface area (Å²) < 4.78 is 50.6. The van der Waals surface area contributed by atoms with Crippen molar-refractivity contribution < 1.29 is 31.2 Å². The summed E-state index contributed by atoms with van der Waals surface area (Å²) in [5.41, 5.74) is -0.141. The van der Waals surface area contributed by atoms with E-state index < -0.39 is 49.3 Å². The number of rotatable bonds is 5. The summed E-state index contributed by atoms with van der Waals surface area (Å²) in [5, 5.41) is 4.86. The lowest BCUT2D eigenvalue weighted by molar-refractivity contribution is -0.134. The van der Waals surface area contributed by atoms with Gasteiger partial charge >= 0.3 is 5.97 Å². The van der Waals surface area contributed by atoms with Crippen molar-refractivity contribution in [3.8, 4) is 0 Å². The molecule has 0 aliphatic carbocycles. The molecule has 0 saturated carbocycles. The van der Waals surface area contributed by atoms with Gasteiger partial charge in [0.05, 0.1) is 22.1 Å². The predicted molar refractivity (Wildman–Crippen MR) is 92.9 cm³/mol. The maximum absolute atomic E-state index is 12.1. The van der Waals surface area contributed by atoms with Crippen LogP contribution in [0.25, 0.3) is 0 Å². The maximum atomic E-state index is 12.1. The number of sulfone groups is 1. The van der Waals surface area contributed by atoms with Gasteiger partial charge in [-0.3, -0.25) is 4.79 Å². The van der Waals surface area contributed by atoms with Gasteiger partial charge in [0.25, 0.3) is 5.91 Å². The molecule has 12 heteroatoms. The number of primary sulfonamides is 1. The number of amides is 1. The zero-order valence-electron chi connectivity index (χ0n) is 13.7. The highest BCUT2D eigenvalue weighted by atomic mass is 35.5. The van der Waals surface area contributed by atoms with E-state index in [2.05, 4.69) is 0 Å². The van der Waals surface area contributed by atoms with Crippen LogP contribution in [-0.2, 0) is 29.4 Å². The minimum absolute atomic E-state index is 0.0101. The maximum Gasteiger partial charge on any atom is 0.338 e. The molecule has 1 aliphatic heterocycles. The van der Waals surface area contributed by atoms with Gasteiger partial charge in [-0.1, -0.05) is 11.6 Å². The summed E-state index contributed by atoms with van der Waals surface area (Å²) in [6.07, 6.45) is 0.327. The Balaban J connectivity index is 2.01. The van der Waals surface area contributed by atoms with E-state index in [1.54, 1.807) is 0 Å². The number of hydrogen-bond acceptors (Lipinski definition) is 7. The normalized spacial score (nSPS) is 19.1. The number of nitrogens with zero attached hydrogens (tertiary/aromatic N) is 1. The van der Waals surface area contributed by atoms with E-state index in [1.807, 2.05) is 0 Å². The number of sulfonamides is 1. The van der Waals surface area contributed by atoms with Crippen LogP contribution in [0.2, 0.25) is 5.02 Å². The smallest absolute Gasteiger partial charge is 0.338 e. The molecule has 144 valence electrons. The van der Waals surface area contributed by atoms with Gasteiger partial charge in [0.2, 0.25) is 10.0 Å². The summed E-state index contributed by atoms with van der Waals surface area (Å²) in [6, 6.07) is 2.90. The largest absolute Gasteiger partial charge is 0.452 e. The SMILES string of the molecule is CN(C(=O)COC(=O)c1ccc(Cl)c(S(N)(=O)=O)c1)[C@H]1CCS(=O)(=O)C1. The molecular formula is C14H17ClN2O7S2. The number of ether oxygens (including phenoxy) is 1. The minimum atomic E-state index is -4.13. The molecule has 2 N–H and O–H groups in total. The molecular weight excluding hydrogens is 408 g/mol. The molecule has 0 radical (unpaired) electrons. The highest BCUT2D eigenvalue weighted by molar-refractivity contribution is 7.91. The topological polar surface area (TPSA) is 141 Å². The van der Waals surface area contributed by atoms with Gasteiger partial charge in [0.1, 0.15) is 4.90 Å². The summed E-state index contributed by atoms with van der Waals surface area (Å²) >= 11 is 5.73. The Labute approximate surface area is 156 Å². The van der Waals surface area contributed by atoms with E-state index in [0.29, 0.717) is 6.42 Å². The average Bonchev–Trinajstić information content (AvgIpc) is 2.90. The molecule has 0 spiro atoms. The second kappa shape index (κ2) is 7.51. The van der Waals surface area contributed by atoms with Crippen LogP contribution in [0.1, 0.15) is 16.8 Å². The number of hydrogen-bond donors (Lipinski definition) is 1. The van der Waals surface area contributed by atoms with Crippen molar-refractivity contribution in [2.75, 3.05) is 25.2 Å². The lowest BCUT2D eigenvalue weighted by atomic mass is 10.2. The van der Waals surface area contributed by atoms with E-state index >= 15 is 0 Å². The van der Waals surface area contributed by atoms with Crippen molar-refractivity contribution >= 4 is 43.3 Å². The van der Waals surface area contributed by atoms with Gasteiger partial charge in [-0.2, -0.15) is 0 Å². The summed E-state index contributed by atoms with van der Waals surface area (Å²) in [6.45, 7) is -0.612. The standard InChI is InChI=1S/C14H17ClN2O7S2/c1-17(10-4-5-25(20,21)8-10)13(18)7-24-14(19)9-2-3-11(15)12(6-9)26(16,22)23/h2-3,6,10H,4-5,7-8H2,1H3,(H2,16,22,23)/t10-/m0/s1. The second-order valence-corrected chi connectivity index (χ2v) is 9.99. The molecule has 9 nitrogen and oxygen atoms in total. The number of halogens is 1. The first-order valence-electron chi connectivity index (χ1n) is 7.36. The van der Waals surface area contributed by atoms with Gasteiger partial charge in [-0.05, 0) is 24.6 Å². The molecule has 1 fully saturated rings. The molecule has 1 aromatic carbocycles. The number of carbonyl (C=O) groups is 2. The van der Waals surface area contributed by atoms with E-state index in [-0.39, 0.29) is 22.1 Å². The van der Waals surface area contributed by atoms with Gasteiger partial charge in [0, 0.05) is 13.1 Å². The fourth-order valence-electron chi connectivity index (χ4n) is 2.45. The number of likely N-dealkylation sites (N-methyl/N-ethyl adjacent to an activating group) is 1. The van der Waals surface area contributed by atoms with Crippen LogP contribution in [-0.4, -0.2) is 64.8 Å². The Morgan fingerprint density at radius 1 is 1.38 bits per heavy atom. The first kappa shape index (κ1) is 20.6. The third-order valence-corrected chi connectivity index (χ3v) is 7.09. The van der Waals surface area contributed by atoms with Crippen LogP contribution in [0, 0.1) is 0 Å². The number of carbonyl (C=O) groups excluding carboxylic acids is 2. The van der Waals surface area contributed by atoms with Crippen molar-refractivity contribution in [2.24, 2.45) is 5.14 Å². The Morgan fingerprint density at radius 3 is 2.58 bits per heavy atom. The molecule has 1 heterocycles. The molecule has 1 aromatic rings. The van der Waals surface area contributed by atoms with E-state index in [0.717, 1.165) is 6.07 Å². The number of esters is 1. The second-order valence-electron chi connectivity index (χ2n) is 5.83. The first-order valence-corrected chi connectivity index (χ1v) is 11.1. The molecule has 1 aliphatic rings. The average molecular weight is 425 g/mol. The Morgan fingerprint density at radius 2 is 2.04 bits per heavy atom. The highest BCUT2D eigenvalue weighted by Gasteiger charge is 2.33. The van der Waals surface area contributed by atoms with Gasteiger partial charge < -0.3 is 9.64 Å². The summed E-state index contributed by atoms with van der Waals surface area (Å²) in [7, 11) is -5.85. The van der Waals surface area contributed by atoms with Crippen LogP contribution in [0.15, 0.2) is 23.1 Å². The zero-order chi connectivity index (χ0) is 19.7. The van der Waals surface area contributed by atoms with Gasteiger partial charge in [-0.25, -0.2) is 26.8 Å². The van der Waals surface area contributed by atoms with Crippen LogP contribution >= 0.6 is 11.6 Å². The lowest BCUT2D eigenvalue weighted by Crippen LogP contribution is -2.40. The molecule has 0 bridgehead atoms. The molecule has 1 amide bonds. The first-order chi connectivity index (χ1) is 11.9. The van der Waals surface area contributed by atoms with Crippen molar-refractivity contribution in [1.82, 2.24) is 4.90 Å². The van der Waals surface area contributed by atoms with Crippen molar-refractivity contribution in [3.63, 3.8) is 0 Å². The number of benzene rings is 1. The lowest BCUT2D eigenvalue weighted by Gasteiger charge is -2.23. The fraction of sp³-hybridized carbons (Fsp3) is 0.429. The van der Waals surface area contributed by atoms with Crippen LogP contribution in [0.3, 0.4) is 0 Å². The minimum Gasteiger partial charge on any atom is -0.452 e. The number of nitrogens with two attached hydrogens (primary N) is 1. The van der Waals surface area contributed by atoms with Crippen molar-refractivity contribution in [1.29, 1.82) is 0 Å². The van der Waals surface area contributed by atoms with E-state index in [4.69, 9.17) is 21.5 Å². The monoisotopic (exact) mass is 424 g/mol. The molecule has 0 unspecified atom stereocenters. The molecule has 2 rings (SSSR count). The van der Waals surface area contributed by atoms with Crippen LogP contribution < -0.4 is 5.14 Å². The molecule has 1 saturated heterocycles. The van der Waals surface area contributed by atoms with E-state index in [1.165, 1.54) is 24.1 Å². The molecule has 0 aromatic heterocycles. The van der Waals surface area contributed by atoms with Crippen LogP contribution in [0.4, 0.5) is 0 Å². The Kier molecular flexibility index (Phi) is 5.95. The molecule has 1 atom stereocenters. The van der Waals surface area contributed by atoms with Gasteiger partial charge in [-0.15, -0.1) is 0 Å². The molecule has 26 heavy (non-hydrogen) atoms. The predicted octanol–water partition coefficient (Wildman–Crippen LogP) is -0.210. The van der Waals surface area contributed by atoms with E-state index in [9.17, 15) is 26.4 Å². The van der Waals surface area contributed by atoms with Crippen molar-refractivity contribution in [2.45, 2.75) is 17.4 Å².